The van der Waals surface area contributed by atoms with Crippen LogP contribution in [-0.2, 0) is 22.4 Å². The van der Waals surface area contributed by atoms with Crippen LogP contribution >= 0.6 is 11.3 Å². The molecule has 2 aliphatic rings. The highest BCUT2D eigenvalue weighted by Crippen LogP contribution is 2.39. The van der Waals surface area contributed by atoms with Crippen molar-refractivity contribution in [1.29, 1.82) is 0 Å². The van der Waals surface area contributed by atoms with Crippen molar-refractivity contribution in [1.82, 2.24) is 0 Å². The van der Waals surface area contributed by atoms with Gasteiger partial charge in [-0.25, -0.2) is 0 Å². The number of nitrogens with one attached hydrogen (secondary N) is 1. The van der Waals surface area contributed by atoms with Crippen molar-refractivity contribution in [2.45, 2.75) is 51.4 Å². The van der Waals surface area contributed by atoms with Gasteiger partial charge in [-0.1, -0.05) is 12.8 Å². The number of nitrogens with two attached hydrogens (primary N) is 1. The largest absolute Gasteiger partial charge is 0.481 e. The minimum atomic E-state index is -0.921. The van der Waals surface area contributed by atoms with Gasteiger partial charge >= 0.3 is 5.97 Å². The molecule has 1 aromatic rings. The summed E-state index contributed by atoms with van der Waals surface area (Å²) >= 11 is 1.41. The summed E-state index contributed by atoms with van der Waals surface area (Å²) in [7, 11) is 0. The van der Waals surface area contributed by atoms with Crippen LogP contribution in [0.2, 0.25) is 0 Å². The van der Waals surface area contributed by atoms with Gasteiger partial charge in [0.1, 0.15) is 5.00 Å². The Balaban J connectivity index is 1.85. The zero-order chi connectivity index (χ0) is 17.3. The van der Waals surface area contributed by atoms with Crippen LogP contribution in [0.3, 0.4) is 0 Å². The summed E-state index contributed by atoms with van der Waals surface area (Å²) < 4.78 is 0. The van der Waals surface area contributed by atoms with Crippen LogP contribution in [0.15, 0.2) is 0 Å². The Hall–Kier alpha value is -1.89. The number of primary amides is 1. The molecule has 1 fully saturated rings. The van der Waals surface area contributed by atoms with Gasteiger partial charge in [0.25, 0.3) is 5.91 Å². The summed E-state index contributed by atoms with van der Waals surface area (Å²) in [6, 6.07) is 0. The Morgan fingerprint density at radius 3 is 2.38 bits per heavy atom. The molecule has 1 aromatic heterocycles. The molecule has 0 unspecified atom stereocenters. The Morgan fingerprint density at radius 1 is 1.04 bits per heavy atom. The smallest absolute Gasteiger partial charge is 0.307 e. The third kappa shape index (κ3) is 3.17. The number of carboxylic acids is 1. The van der Waals surface area contributed by atoms with E-state index in [1.54, 1.807) is 0 Å². The molecular formula is C17H22N2O4S. The van der Waals surface area contributed by atoms with Gasteiger partial charge in [0.2, 0.25) is 5.91 Å². The van der Waals surface area contributed by atoms with E-state index in [1.807, 2.05) is 0 Å². The van der Waals surface area contributed by atoms with Gasteiger partial charge in [0, 0.05) is 4.88 Å². The summed E-state index contributed by atoms with van der Waals surface area (Å²) in [5.41, 5.74) is 6.92. The average molecular weight is 350 g/mol. The minimum absolute atomic E-state index is 0.303. The molecule has 3 rings (SSSR count). The van der Waals surface area contributed by atoms with E-state index in [2.05, 4.69) is 5.32 Å². The van der Waals surface area contributed by atoms with E-state index < -0.39 is 23.7 Å². The van der Waals surface area contributed by atoms with Gasteiger partial charge in [-0.2, -0.15) is 0 Å². The number of amides is 2. The second kappa shape index (κ2) is 6.93. The van der Waals surface area contributed by atoms with Crippen LogP contribution in [-0.4, -0.2) is 22.9 Å². The van der Waals surface area contributed by atoms with E-state index in [4.69, 9.17) is 5.73 Å². The standard InChI is InChI=1S/C17H22N2O4S/c18-14(20)13-11-7-3-4-8-12(11)24-16(13)19-15(21)9-5-1-2-6-10(9)17(22)23/h9-10H,1-8H2,(H2,18,20)(H,19,21)(H,22,23)/t9-,10+/m0/s1. The first-order valence-corrected chi connectivity index (χ1v) is 9.28. The molecule has 0 radical (unpaired) electrons. The molecule has 1 heterocycles. The van der Waals surface area contributed by atoms with Crippen LogP contribution < -0.4 is 11.1 Å². The van der Waals surface area contributed by atoms with Crippen molar-refractivity contribution in [2.24, 2.45) is 17.6 Å². The fourth-order valence-electron chi connectivity index (χ4n) is 3.86. The van der Waals surface area contributed by atoms with E-state index in [-0.39, 0.29) is 5.91 Å². The van der Waals surface area contributed by atoms with Gasteiger partial charge in [-0.3, -0.25) is 14.4 Å². The molecular weight excluding hydrogens is 328 g/mol. The number of carbonyl (C=O) groups excluding carboxylic acids is 2. The van der Waals surface area contributed by atoms with Crippen molar-refractivity contribution in [3.05, 3.63) is 16.0 Å². The second-order valence-electron chi connectivity index (χ2n) is 6.60. The zero-order valence-electron chi connectivity index (χ0n) is 13.5. The molecule has 24 heavy (non-hydrogen) atoms. The molecule has 2 atom stereocenters. The zero-order valence-corrected chi connectivity index (χ0v) is 14.3. The highest BCUT2D eigenvalue weighted by molar-refractivity contribution is 7.17. The van der Waals surface area contributed by atoms with Crippen LogP contribution in [0.1, 0.15) is 59.3 Å². The van der Waals surface area contributed by atoms with Gasteiger partial charge in [0.05, 0.1) is 17.4 Å². The lowest BCUT2D eigenvalue weighted by Gasteiger charge is -2.27. The molecule has 4 N–H and O–H groups in total. The number of carboxylic acid groups (broad SMARTS) is 1. The first-order chi connectivity index (χ1) is 11.5. The number of aryl methyl sites for hydroxylation is 1. The fraction of sp³-hybridized carbons (Fsp3) is 0.588. The highest BCUT2D eigenvalue weighted by atomic mass is 32.1. The van der Waals surface area contributed by atoms with Crippen LogP contribution in [0.4, 0.5) is 5.00 Å². The molecule has 0 aromatic carbocycles. The maximum absolute atomic E-state index is 12.7. The Morgan fingerprint density at radius 2 is 1.71 bits per heavy atom. The summed E-state index contributed by atoms with van der Waals surface area (Å²) in [6.07, 6.45) is 6.57. The maximum Gasteiger partial charge on any atom is 0.307 e. The Bertz CT molecular complexity index is 682. The third-order valence-electron chi connectivity index (χ3n) is 5.07. The number of anilines is 1. The second-order valence-corrected chi connectivity index (χ2v) is 7.71. The van der Waals surface area contributed by atoms with Crippen molar-refractivity contribution >= 4 is 34.1 Å². The van der Waals surface area contributed by atoms with Crippen LogP contribution in [0.25, 0.3) is 0 Å². The van der Waals surface area contributed by atoms with Crippen molar-refractivity contribution in [3.8, 4) is 0 Å². The lowest BCUT2D eigenvalue weighted by atomic mass is 9.78. The lowest BCUT2D eigenvalue weighted by Crippen LogP contribution is -2.36. The van der Waals surface area contributed by atoms with E-state index in [1.165, 1.54) is 11.3 Å². The summed E-state index contributed by atoms with van der Waals surface area (Å²) in [5, 5.41) is 12.7. The molecule has 2 aliphatic carbocycles. The maximum atomic E-state index is 12.7. The molecule has 130 valence electrons. The topological polar surface area (TPSA) is 109 Å². The average Bonchev–Trinajstić information content (AvgIpc) is 2.92. The van der Waals surface area contributed by atoms with Crippen LogP contribution in [0, 0.1) is 11.8 Å². The van der Waals surface area contributed by atoms with Gasteiger partial charge in [-0.05, 0) is 44.1 Å². The minimum Gasteiger partial charge on any atom is -0.481 e. The number of carbonyl (C=O) groups is 3. The first kappa shape index (κ1) is 17.0. The van der Waals surface area contributed by atoms with Crippen LogP contribution in [0.5, 0.6) is 0 Å². The number of hydrogen-bond donors (Lipinski definition) is 3. The van der Waals surface area contributed by atoms with E-state index in [0.29, 0.717) is 23.4 Å². The monoisotopic (exact) mass is 350 g/mol. The molecule has 0 saturated heterocycles. The van der Waals surface area contributed by atoms with Gasteiger partial charge in [-0.15, -0.1) is 11.3 Å². The fourth-order valence-corrected chi connectivity index (χ4v) is 5.16. The van der Waals surface area contributed by atoms with Gasteiger partial charge in [0.15, 0.2) is 0 Å². The molecule has 2 amide bonds. The summed E-state index contributed by atoms with van der Waals surface area (Å²) in [4.78, 5) is 37.0. The Kier molecular flexibility index (Phi) is 4.89. The molecule has 6 nitrogen and oxygen atoms in total. The lowest BCUT2D eigenvalue weighted by molar-refractivity contribution is -0.147. The summed E-state index contributed by atoms with van der Waals surface area (Å²) in [5.74, 6) is -2.94. The molecule has 7 heteroatoms. The van der Waals surface area contributed by atoms with Crippen molar-refractivity contribution < 1.29 is 19.5 Å². The van der Waals surface area contributed by atoms with E-state index in [0.717, 1.165) is 49.0 Å². The number of fused-ring (bicyclic) bond motifs is 1. The number of thiophene rings is 1. The molecule has 0 bridgehead atoms. The predicted octanol–water partition coefficient (Wildman–Crippen LogP) is 2.56. The SMILES string of the molecule is NC(=O)c1c(NC(=O)[C@H]2CCCC[C@H]2C(=O)O)sc2c1CCCC2. The third-order valence-corrected chi connectivity index (χ3v) is 6.28. The highest BCUT2D eigenvalue weighted by Gasteiger charge is 2.36. The number of rotatable bonds is 4. The van der Waals surface area contributed by atoms with Crippen molar-refractivity contribution in [3.63, 3.8) is 0 Å². The van der Waals surface area contributed by atoms with E-state index >= 15 is 0 Å². The Labute approximate surface area is 144 Å². The van der Waals surface area contributed by atoms with Crippen molar-refractivity contribution in [2.75, 3.05) is 5.32 Å². The van der Waals surface area contributed by atoms with E-state index in [9.17, 15) is 19.5 Å². The normalized spacial score (nSPS) is 23.3. The predicted molar refractivity (Wildman–Crippen MR) is 91.2 cm³/mol. The first-order valence-electron chi connectivity index (χ1n) is 8.47. The molecule has 1 saturated carbocycles. The summed E-state index contributed by atoms with van der Waals surface area (Å²) in [6.45, 7) is 0. The quantitative estimate of drug-likeness (QED) is 0.775. The number of hydrogen-bond acceptors (Lipinski definition) is 4. The molecule has 0 aliphatic heterocycles. The molecule has 0 spiro atoms. The number of aliphatic carboxylic acids is 1. The van der Waals surface area contributed by atoms with Gasteiger partial charge < -0.3 is 16.2 Å².